The second-order valence-electron chi connectivity index (χ2n) is 15.6. The van der Waals surface area contributed by atoms with Crippen molar-refractivity contribution in [3.63, 3.8) is 0 Å². The molecule has 0 fully saturated rings. The fourth-order valence-electron chi connectivity index (χ4n) is 9.19. The van der Waals surface area contributed by atoms with Gasteiger partial charge in [0.05, 0.1) is 22.1 Å². The minimum Gasteiger partial charge on any atom is -0.309 e. The third-order valence-electron chi connectivity index (χ3n) is 12.0. The quantitative estimate of drug-likeness (QED) is 0.162. The first-order valence-electron chi connectivity index (χ1n) is 21.0. The molecule has 0 radical (unpaired) electrons. The van der Waals surface area contributed by atoms with Gasteiger partial charge >= 0.3 is 0 Å². The maximum Gasteiger partial charge on any atom is 0.164 e. The van der Waals surface area contributed by atoms with Gasteiger partial charge in [0.25, 0.3) is 0 Å². The fourth-order valence-corrected chi connectivity index (χ4v) is 9.19. The van der Waals surface area contributed by atoms with E-state index in [0.717, 1.165) is 55.8 Å². The monoisotopic (exact) mass is 791 g/mol. The van der Waals surface area contributed by atoms with Crippen molar-refractivity contribution in [1.29, 1.82) is 0 Å². The topological polar surface area (TPSA) is 48.5 Å². The van der Waals surface area contributed by atoms with E-state index in [1.807, 2.05) is 24.3 Å². The van der Waals surface area contributed by atoms with Crippen LogP contribution in [0.3, 0.4) is 0 Å². The maximum absolute atomic E-state index is 5.21. The molecule has 0 unspecified atom stereocenters. The van der Waals surface area contributed by atoms with Crippen molar-refractivity contribution in [3.05, 3.63) is 224 Å². The summed E-state index contributed by atoms with van der Waals surface area (Å²) in [6, 6.07) is 79.3. The van der Waals surface area contributed by atoms with E-state index in [9.17, 15) is 0 Å². The van der Waals surface area contributed by atoms with E-state index in [-0.39, 0.29) is 0 Å². The number of hydrogen-bond donors (Lipinski definition) is 0. The van der Waals surface area contributed by atoms with Gasteiger partial charge in [0, 0.05) is 60.7 Å². The van der Waals surface area contributed by atoms with Crippen LogP contribution in [0.15, 0.2) is 224 Å². The van der Waals surface area contributed by atoms with E-state index < -0.39 is 0 Å². The van der Waals surface area contributed by atoms with Crippen LogP contribution < -0.4 is 0 Å². The average Bonchev–Trinajstić information content (AvgIpc) is 3.88. The van der Waals surface area contributed by atoms with Crippen molar-refractivity contribution >= 4 is 43.6 Å². The zero-order chi connectivity index (χ0) is 41.0. The first-order chi connectivity index (χ1) is 30.8. The predicted octanol–water partition coefficient (Wildman–Crippen LogP) is 14.4. The van der Waals surface area contributed by atoms with E-state index in [1.165, 1.54) is 38.1 Å². The number of rotatable bonds is 7. The minimum absolute atomic E-state index is 0.610. The summed E-state index contributed by atoms with van der Waals surface area (Å²) in [5, 5.41) is 4.83. The molecule has 0 saturated heterocycles. The van der Waals surface area contributed by atoms with E-state index in [2.05, 4.69) is 209 Å². The Labute approximate surface area is 358 Å². The molecular weight excluding hydrogens is 755 g/mol. The SMILES string of the molecule is c1ccc(-c2cccc(-c3nc(-c4ccccc4)nc(-c4cccc(-n5c6ccccc6c6cccc(-c7cccc8c9ccccc9n(-c9ccccc9)c78)c65)c4)n3)c2)cc1. The molecule has 5 nitrogen and oxygen atoms in total. The van der Waals surface area contributed by atoms with Gasteiger partial charge in [0.2, 0.25) is 0 Å². The van der Waals surface area contributed by atoms with Crippen LogP contribution in [0.1, 0.15) is 0 Å². The van der Waals surface area contributed by atoms with Crippen molar-refractivity contribution in [2.45, 2.75) is 0 Å². The van der Waals surface area contributed by atoms with Gasteiger partial charge in [-0.1, -0.05) is 182 Å². The van der Waals surface area contributed by atoms with E-state index in [1.54, 1.807) is 0 Å². The molecule has 3 aromatic heterocycles. The van der Waals surface area contributed by atoms with Crippen LogP contribution in [0.25, 0.3) is 111 Å². The highest BCUT2D eigenvalue weighted by molar-refractivity contribution is 6.19. The summed E-state index contributed by atoms with van der Waals surface area (Å²) >= 11 is 0. The molecule has 0 saturated carbocycles. The lowest BCUT2D eigenvalue weighted by molar-refractivity contribution is 1.07. The Morgan fingerprint density at radius 3 is 1.24 bits per heavy atom. The molecule has 9 aromatic carbocycles. The molecule has 0 spiro atoms. The van der Waals surface area contributed by atoms with Gasteiger partial charge in [0.1, 0.15) is 0 Å². The lowest BCUT2D eigenvalue weighted by Gasteiger charge is -2.15. The van der Waals surface area contributed by atoms with Crippen LogP contribution >= 0.6 is 0 Å². The summed E-state index contributed by atoms with van der Waals surface area (Å²) < 4.78 is 4.84. The molecule has 290 valence electrons. The van der Waals surface area contributed by atoms with Crippen molar-refractivity contribution in [2.75, 3.05) is 0 Å². The van der Waals surface area contributed by atoms with Gasteiger partial charge in [0.15, 0.2) is 17.5 Å². The summed E-state index contributed by atoms with van der Waals surface area (Å²) in [6.45, 7) is 0. The van der Waals surface area contributed by atoms with Crippen molar-refractivity contribution in [3.8, 4) is 67.8 Å². The average molecular weight is 792 g/mol. The van der Waals surface area contributed by atoms with Crippen molar-refractivity contribution < 1.29 is 0 Å². The van der Waals surface area contributed by atoms with Gasteiger partial charge in [-0.2, -0.15) is 0 Å². The molecule has 12 aromatic rings. The lowest BCUT2D eigenvalue weighted by atomic mass is 9.99. The third kappa shape index (κ3) is 5.90. The predicted molar refractivity (Wildman–Crippen MR) is 256 cm³/mol. The van der Waals surface area contributed by atoms with Gasteiger partial charge in [-0.3, -0.25) is 0 Å². The molecule has 0 atom stereocenters. The highest BCUT2D eigenvalue weighted by atomic mass is 15.0. The Morgan fingerprint density at radius 1 is 0.258 bits per heavy atom. The number of aromatic nitrogens is 5. The first-order valence-corrected chi connectivity index (χ1v) is 21.0. The highest BCUT2D eigenvalue weighted by Crippen LogP contribution is 2.43. The summed E-state index contributed by atoms with van der Waals surface area (Å²) in [4.78, 5) is 15.4. The van der Waals surface area contributed by atoms with Crippen molar-refractivity contribution in [1.82, 2.24) is 24.1 Å². The highest BCUT2D eigenvalue weighted by Gasteiger charge is 2.22. The number of benzene rings is 9. The zero-order valence-corrected chi connectivity index (χ0v) is 33.6. The molecule has 0 aliphatic rings. The molecule has 62 heavy (non-hydrogen) atoms. The fraction of sp³-hybridized carbons (Fsp3) is 0. The Hall–Kier alpha value is -8.41. The Kier molecular flexibility index (Phi) is 8.42. The molecule has 0 bridgehead atoms. The largest absolute Gasteiger partial charge is 0.309 e. The third-order valence-corrected chi connectivity index (χ3v) is 12.0. The zero-order valence-electron chi connectivity index (χ0n) is 33.6. The summed E-state index contributed by atoms with van der Waals surface area (Å²) in [7, 11) is 0. The lowest BCUT2D eigenvalue weighted by Crippen LogP contribution is -2.01. The molecule has 5 heteroatoms. The molecular formula is C57H37N5. The van der Waals surface area contributed by atoms with Gasteiger partial charge in [-0.05, 0) is 53.6 Å². The molecule has 12 rings (SSSR count). The van der Waals surface area contributed by atoms with E-state index >= 15 is 0 Å². The number of nitrogens with zero attached hydrogens (tertiary/aromatic N) is 5. The first kappa shape index (κ1) is 35.5. The number of fused-ring (bicyclic) bond motifs is 6. The normalized spacial score (nSPS) is 11.5. The Balaban J connectivity index is 1.08. The van der Waals surface area contributed by atoms with Crippen LogP contribution in [0.2, 0.25) is 0 Å². The molecule has 0 aliphatic carbocycles. The Morgan fingerprint density at radius 2 is 0.645 bits per heavy atom. The van der Waals surface area contributed by atoms with E-state index in [0.29, 0.717) is 17.5 Å². The van der Waals surface area contributed by atoms with Crippen molar-refractivity contribution in [2.24, 2.45) is 0 Å². The summed E-state index contributed by atoms with van der Waals surface area (Å²) in [6.07, 6.45) is 0. The number of para-hydroxylation sites is 5. The van der Waals surface area contributed by atoms with E-state index in [4.69, 9.17) is 15.0 Å². The van der Waals surface area contributed by atoms with Gasteiger partial charge < -0.3 is 9.13 Å². The molecule has 3 heterocycles. The van der Waals surface area contributed by atoms with Crippen LogP contribution in [0.4, 0.5) is 0 Å². The maximum atomic E-state index is 5.21. The molecule has 0 amide bonds. The van der Waals surface area contributed by atoms with Crippen LogP contribution in [-0.4, -0.2) is 24.1 Å². The van der Waals surface area contributed by atoms with Crippen LogP contribution in [0.5, 0.6) is 0 Å². The van der Waals surface area contributed by atoms with Gasteiger partial charge in [-0.25, -0.2) is 15.0 Å². The summed E-state index contributed by atoms with van der Waals surface area (Å²) in [5.74, 6) is 1.86. The number of hydrogen-bond acceptors (Lipinski definition) is 3. The molecule has 0 N–H and O–H groups in total. The minimum atomic E-state index is 0.610. The molecule has 0 aliphatic heterocycles. The smallest absolute Gasteiger partial charge is 0.164 e. The Bertz CT molecular complexity index is 3620. The summed E-state index contributed by atoms with van der Waals surface area (Å²) in [5.41, 5.74) is 14.1. The van der Waals surface area contributed by atoms with Gasteiger partial charge in [-0.15, -0.1) is 0 Å². The van der Waals surface area contributed by atoms with Crippen LogP contribution in [-0.2, 0) is 0 Å². The second-order valence-corrected chi connectivity index (χ2v) is 15.6. The second kappa shape index (κ2) is 14.7. The standard InChI is InChI=1S/C57H37N5/c1-4-18-38(19-5-1)40-22-14-23-41(36-40)56-58-55(39-20-6-2-7-21-39)59-57(60-56)42-24-15-27-44(37-42)62-52-35-13-11-29-46(52)48-31-17-33-50(54(48)62)49-32-16-30-47-45-28-10-12-34-51(45)61(53(47)49)43-25-8-3-9-26-43/h1-37H. The van der Waals surface area contributed by atoms with Crippen LogP contribution in [0, 0.1) is 0 Å².